The zero-order chi connectivity index (χ0) is 34.9. The van der Waals surface area contributed by atoms with Gasteiger partial charge in [0.2, 0.25) is 5.28 Å². The average molecular weight is 696 g/mol. The Hall–Kier alpha value is -4.26. The van der Waals surface area contributed by atoms with Gasteiger partial charge >= 0.3 is 6.09 Å². The number of rotatable bonds is 8. The van der Waals surface area contributed by atoms with Crippen LogP contribution in [-0.2, 0) is 17.7 Å². The molecule has 0 atom stereocenters. The Kier molecular flexibility index (Phi) is 10.1. The van der Waals surface area contributed by atoms with Gasteiger partial charge in [0.05, 0.1) is 17.8 Å². The van der Waals surface area contributed by atoms with Crippen LogP contribution < -0.4 is 14.4 Å². The Morgan fingerprint density at radius 1 is 1.04 bits per heavy atom. The Morgan fingerprint density at radius 2 is 1.80 bits per heavy atom. The molecule has 1 saturated carbocycles. The molecule has 0 N–H and O–H groups in total. The van der Waals surface area contributed by atoms with E-state index in [4.69, 9.17) is 25.8 Å². The van der Waals surface area contributed by atoms with E-state index >= 15 is 0 Å². The van der Waals surface area contributed by atoms with Gasteiger partial charge in [0.25, 0.3) is 11.8 Å². The molecule has 14 heteroatoms. The van der Waals surface area contributed by atoms with Crippen molar-refractivity contribution < 1.29 is 28.2 Å². The van der Waals surface area contributed by atoms with E-state index in [0.29, 0.717) is 57.0 Å². The molecule has 1 saturated heterocycles. The van der Waals surface area contributed by atoms with Gasteiger partial charge in [-0.05, 0) is 89.7 Å². The number of carbonyl (C=O) groups is 2. The fourth-order valence-corrected chi connectivity index (χ4v) is 6.54. The SMILES string of the molecule is CC(C)N(C(=O)c1cc(F)ccc1Oc1nnc(Cl)nc1N1CCC(Oc2ccnc3c2CN(C(=O)OC(C)(C)C)CC3)CC1)C1CCC1. The number of nitrogens with zero attached hydrogens (tertiary/aromatic N) is 7. The predicted molar refractivity (Wildman–Crippen MR) is 181 cm³/mol. The summed E-state index contributed by atoms with van der Waals surface area (Å²) in [4.78, 5) is 41.0. The monoisotopic (exact) mass is 695 g/mol. The first-order valence-electron chi connectivity index (χ1n) is 16.9. The lowest BCUT2D eigenvalue weighted by Crippen LogP contribution is -2.48. The van der Waals surface area contributed by atoms with E-state index in [-0.39, 0.29) is 52.7 Å². The molecule has 262 valence electrons. The normalized spacial score (nSPS) is 17.0. The minimum atomic E-state index is -0.586. The molecule has 2 aliphatic heterocycles. The standard InChI is InChI=1S/C35H43ClFN7O5/c1-21(2)44(23-7-6-8-23)32(45)25-19-22(37)9-10-28(25)48-31-30(39-33(36)41-40-31)42-16-12-24(13-17-42)47-29-11-15-38-27-14-18-43(20-26(27)29)34(46)49-35(3,4)5/h9-11,15,19,21,23-24H,6-8,12-14,16-18,20H2,1-5H3. The van der Waals surface area contributed by atoms with E-state index in [9.17, 15) is 14.0 Å². The molecule has 3 aliphatic rings. The summed E-state index contributed by atoms with van der Waals surface area (Å²) in [7, 11) is 0. The van der Waals surface area contributed by atoms with Crippen molar-refractivity contribution in [3.05, 3.63) is 58.4 Å². The highest BCUT2D eigenvalue weighted by molar-refractivity contribution is 6.28. The smallest absolute Gasteiger partial charge is 0.410 e. The highest BCUT2D eigenvalue weighted by atomic mass is 35.5. The highest BCUT2D eigenvalue weighted by Crippen LogP contribution is 2.36. The van der Waals surface area contributed by atoms with Gasteiger partial charge in [-0.1, -0.05) is 0 Å². The predicted octanol–water partition coefficient (Wildman–Crippen LogP) is 6.60. The lowest BCUT2D eigenvalue weighted by molar-refractivity contribution is 0.0219. The number of benzene rings is 1. The number of anilines is 1. The molecule has 1 aliphatic carbocycles. The van der Waals surface area contributed by atoms with Crippen LogP contribution in [0.4, 0.5) is 15.0 Å². The first-order valence-corrected chi connectivity index (χ1v) is 17.3. The van der Waals surface area contributed by atoms with Crippen molar-refractivity contribution in [1.29, 1.82) is 0 Å². The number of carbonyl (C=O) groups excluding carboxylic acids is 2. The minimum Gasteiger partial charge on any atom is -0.490 e. The molecule has 4 heterocycles. The van der Waals surface area contributed by atoms with Crippen LogP contribution in [0.3, 0.4) is 0 Å². The van der Waals surface area contributed by atoms with E-state index in [1.807, 2.05) is 45.6 Å². The maximum Gasteiger partial charge on any atom is 0.410 e. The van der Waals surface area contributed by atoms with Crippen molar-refractivity contribution in [2.45, 2.75) is 103 Å². The Bertz CT molecular complexity index is 1690. The van der Waals surface area contributed by atoms with Crippen molar-refractivity contribution in [1.82, 2.24) is 30.0 Å². The number of halogens is 2. The number of pyridine rings is 1. The highest BCUT2D eigenvalue weighted by Gasteiger charge is 2.34. The molecule has 2 aromatic heterocycles. The third-order valence-electron chi connectivity index (χ3n) is 9.01. The molecule has 0 radical (unpaired) electrons. The van der Waals surface area contributed by atoms with Gasteiger partial charge in [0.15, 0.2) is 5.82 Å². The van der Waals surface area contributed by atoms with Crippen LogP contribution in [0.25, 0.3) is 0 Å². The van der Waals surface area contributed by atoms with Crippen molar-refractivity contribution in [3.8, 4) is 17.4 Å². The number of fused-ring (bicyclic) bond motifs is 1. The van der Waals surface area contributed by atoms with Crippen molar-refractivity contribution in [2.24, 2.45) is 0 Å². The molecule has 3 aromatic rings. The number of hydrogen-bond donors (Lipinski definition) is 0. The fraction of sp³-hybridized carbons (Fsp3) is 0.543. The molecule has 49 heavy (non-hydrogen) atoms. The zero-order valence-electron chi connectivity index (χ0n) is 28.6. The Balaban J connectivity index is 1.15. The number of amides is 2. The average Bonchev–Trinajstić information content (AvgIpc) is 3.03. The van der Waals surface area contributed by atoms with Crippen molar-refractivity contribution in [2.75, 3.05) is 24.5 Å². The van der Waals surface area contributed by atoms with Gasteiger partial charge in [-0.3, -0.25) is 9.78 Å². The Labute approximate surface area is 290 Å². The fourth-order valence-electron chi connectivity index (χ4n) is 6.42. The summed E-state index contributed by atoms with van der Waals surface area (Å²) < 4.78 is 32.8. The molecular formula is C35H43ClFN7O5. The van der Waals surface area contributed by atoms with E-state index in [1.165, 1.54) is 18.2 Å². The first kappa shape index (κ1) is 34.6. The second-order valence-corrected chi connectivity index (χ2v) is 14.4. The third kappa shape index (κ3) is 7.98. The second-order valence-electron chi connectivity index (χ2n) is 14.0. The summed E-state index contributed by atoms with van der Waals surface area (Å²) in [6.07, 6.45) is 6.09. The van der Waals surface area contributed by atoms with E-state index < -0.39 is 11.4 Å². The second kappa shape index (κ2) is 14.3. The topological polar surface area (TPSA) is 123 Å². The summed E-state index contributed by atoms with van der Waals surface area (Å²) in [5.41, 5.74) is 1.34. The lowest BCUT2D eigenvalue weighted by atomic mass is 9.90. The zero-order valence-corrected chi connectivity index (χ0v) is 29.4. The number of hydrogen-bond acceptors (Lipinski definition) is 10. The summed E-state index contributed by atoms with van der Waals surface area (Å²) >= 11 is 6.20. The molecule has 2 amide bonds. The van der Waals surface area contributed by atoms with Gasteiger partial charge in [0.1, 0.15) is 29.0 Å². The largest absolute Gasteiger partial charge is 0.490 e. The lowest BCUT2D eigenvalue weighted by Gasteiger charge is -2.40. The molecule has 0 bridgehead atoms. The summed E-state index contributed by atoms with van der Waals surface area (Å²) in [6, 6.07) is 5.78. The van der Waals surface area contributed by atoms with Crippen LogP contribution in [0.5, 0.6) is 17.4 Å². The molecule has 0 spiro atoms. The molecule has 12 nitrogen and oxygen atoms in total. The van der Waals surface area contributed by atoms with E-state index in [0.717, 1.165) is 30.5 Å². The third-order valence-corrected chi connectivity index (χ3v) is 9.17. The van der Waals surface area contributed by atoms with Gasteiger partial charge in [0, 0.05) is 62.7 Å². The maximum absolute atomic E-state index is 14.5. The van der Waals surface area contributed by atoms with Gasteiger partial charge < -0.3 is 28.9 Å². The number of ether oxygens (including phenoxy) is 3. The van der Waals surface area contributed by atoms with Crippen LogP contribution in [0, 0.1) is 5.82 Å². The summed E-state index contributed by atoms with van der Waals surface area (Å²) in [6.45, 7) is 11.5. The summed E-state index contributed by atoms with van der Waals surface area (Å²) in [5, 5.41) is 8.04. The molecular weight excluding hydrogens is 653 g/mol. The number of piperidine rings is 1. The summed E-state index contributed by atoms with van der Waals surface area (Å²) in [5.74, 6) is 0.472. The minimum absolute atomic E-state index is 0.0509. The van der Waals surface area contributed by atoms with Gasteiger partial charge in [-0.15, -0.1) is 10.2 Å². The first-order chi connectivity index (χ1) is 23.4. The number of aromatic nitrogens is 4. The Morgan fingerprint density at radius 3 is 2.47 bits per heavy atom. The molecule has 1 aromatic carbocycles. The van der Waals surface area contributed by atoms with Crippen molar-refractivity contribution in [3.63, 3.8) is 0 Å². The van der Waals surface area contributed by atoms with Gasteiger partial charge in [-0.25, -0.2) is 9.18 Å². The quantitative estimate of drug-likeness (QED) is 0.255. The van der Waals surface area contributed by atoms with Crippen LogP contribution in [0.1, 0.15) is 88.3 Å². The van der Waals surface area contributed by atoms with Crippen LogP contribution in [0.15, 0.2) is 30.5 Å². The van der Waals surface area contributed by atoms with Gasteiger partial charge in [-0.2, -0.15) is 4.98 Å². The van der Waals surface area contributed by atoms with Crippen LogP contribution in [-0.4, -0.2) is 85.4 Å². The molecule has 0 unspecified atom stereocenters. The van der Waals surface area contributed by atoms with E-state index in [1.54, 1.807) is 16.0 Å². The molecule has 2 fully saturated rings. The molecule has 6 rings (SSSR count). The van der Waals surface area contributed by atoms with Crippen LogP contribution in [0.2, 0.25) is 5.28 Å². The maximum atomic E-state index is 14.5. The van der Waals surface area contributed by atoms with Crippen LogP contribution >= 0.6 is 11.6 Å². The van der Waals surface area contributed by atoms with Crippen molar-refractivity contribution >= 4 is 29.4 Å². The van der Waals surface area contributed by atoms with E-state index in [2.05, 4.69) is 20.2 Å².